The molecule has 8 heteroatoms. The van der Waals surface area contributed by atoms with E-state index in [0.29, 0.717) is 16.8 Å². The second-order valence-electron chi connectivity index (χ2n) is 9.31. The second-order valence-corrected chi connectivity index (χ2v) is 10.3. The van der Waals surface area contributed by atoms with Gasteiger partial charge < -0.3 is 9.84 Å². The maximum Gasteiger partial charge on any atom is 0.350 e. The van der Waals surface area contributed by atoms with Gasteiger partial charge in [0.2, 0.25) is 0 Å². The topological polar surface area (TPSA) is 96.8 Å². The molecule has 0 bridgehead atoms. The van der Waals surface area contributed by atoms with E-state index in [1.807, 2.05) is 24.3 Å². The summed E-state index contributed by atoms with van der Waals surface area (Å²) in [6.45, 7) is 7.92. The number of ketones is 1. The van der Waals surface area contributed by atoms with Crippen molar-refractivity contribution in [3.05, 3.63) is 87.4 Å². The summed E-state index contributed by atoms with van der Waals surface area (Å²) in [6, 6.07) is 15.3. The number of aromatic nitrogens is 1. The third-order valence-corrected chi connectivity index (χ3v) is 7.08. The number of anilines is 1. The van der Waals surface area contributed by atoms with Crippen molar-refractivity contribution in [3.8, 4) is 0 Å². The predicted molar refractivity (Wildman–Crippen MR) is 135 cm³/mol. The van der Waals surface area contributed by atoms with Gasteiger partial charge in [-0.3, -0.25) is 14.5 Å². The van der Waals surface area contributed by atoms with Crippen LogP contribution in [0.2, 0.25) is 0 Å². The maximum absolute atomic E-state index is 13.3. The summed E-state index contributed by atoms with van der Waals surface area (Å²) in [5, 5.41) is 11.3. The molecule has 0 spiro atoms. The number of hydrogen-bond acceptors (Lipinski definition) is 7. The fourth-order valence-corrected chi connectivity index (χ4v) is 5.04. The van der Waals surface area contributed by atoms with Gasteiger partial charge >= 0.3 is 11.9 Å². The van der Waals surface area contributed by atoms with Crippen molar-refractivity contribution in [1.82, 2.24) is 4.98 Å². The van der Waals surface area contributed by atoms with Crippen LogP contribution in [0.4, 0.5) is 5.13 Å². The first-order chi connectivity index (χ1) is 16.5. The summed E-state index contributed by atoms with van der Waals surface area (Å²) in [4.78, 5) is 44.7. The minimum atomic E-state index is -0.916. The second kappa shape index (κ2) is 9.11. The highest BCUT2D eigenvalue weighted by molar-refractivity contribution is 7.17. The highest BCUT2D eigenvalue weighted by atomic mass is 32.1. The molecule has 2 aromatic carbocycles. The normalized spacial score (nSPS) is 17.6. The van der Waals surface area contributed by atoms with Crippen LogP contribution in [0, 0.1) is 6.92 Å². The molecule has 1 saturated heterocycles. The number of benzene rings is 2. The first-order valence-corrected chi connectivity index (χ1v) is 11.9. The SMILES string of the molecule is COC(=O)c1sc(N2C(=O)C(=O)C(=C(O)c3ccccc3)[C@H]2c2ccc(C(C)(C)C)cc2)nc1C. The lowest BCUT2D eigenvalue weighted by Gasteiger charge is -2.24. The summed E-state index contributed by atoms with van der Waals surface area (Å²) >= 11 is 0.974. The Balaban J connectivity index is 1.93. The van der Waals surface area contributed by atoms with E-state index in [1.165, 1.54) is 12.0 Å². The molecule has 1 amide bonds. The number of nitrogens with zero attached hydrogens (tertiary/aromatic N) is 2. The number of amides is 1. The van der Waals surface area contributed by atoms with Crippen molar-refractivity contribution in [2.24, 2.45) is 0 Å². The van der Waals surface area contributed by atoms with Crippen molar-refractivity contribution in [2.75, 3.05) is 12.0 Å². The Morgan fingerprint density at radius 1 is 1.06 bits per heavy atom. The van der Waals surface area contributed by atoms with Crippen LogP contribution < -0.4 is 4.90 Å². The molecular weight excluding hydrogens is 464 g/mol. The molecule has 0 unspecified atom stereocenters. The fraction of sp³-hybridized carbons (Fsp3) is 0.259. The van der Waals surface area contributed by atoms with Gasteiger partial charge in [-0.25, -0.2) is 9.78 Å². The molecule has 4 rings (SSSR count). The average Bonchev–Trinajstić information content (AvgIpc) is 3.35. The van der Waals surface area contributed by atoms with E-state index in [2.05, 4.69) is 25.8 Å². The van der Waals surface area contributed by atoms with E-state index in [-0.39, 0.29) is 26.8 Å². The molecule has 35 heavy (non-hydrogen) atoms. The molecule has 1 atom stereocenters. The summed E-state index contributed by atoms with van der Waals surface area (Å²) < 4.78 is 4.83. The van der Waals surface area contributed by atoms with E-state index in [9.17, 15) is 19.5 Å². The van der Waals surface area contributed by atoms with Crippen LogP contribution in [0.5, 0.6) is 0 Å². The number of methoxy groups -OCH3 is 1. The molecule has 1 aromatic heterocycles. The maximum atomic E-state index is 13.3. The van der Waals surface area contributed by atoms with Gasteiger partial charge in [0.05, 0.1) is 24.4 Å². The molecule has 0 saturated carbocycles. The molecule has 1 aliphatic heterocycles. The van der Waals surface area contributed by atoms with E-state index in [1.54, 1.807) is 37.3 Å². The minimum absolute atomic E-state index is 0.0304. The van der Waals surface area contributed by atoms with Gasteiger partial charge in [-0.15, -0.1) is 0 Å². The average molecular weight is 491 g/mol. The van der Waals surface area contributed by atoms with Crippen LogP contribution in [0.15, 0.2) is 60.2 Å². The van der Waals surface area contributed by atoms with Gasteiger partial charge in [0, 0.05) is 5.56 Å². The first-order valence-electron chi connectivity index (χ1n) is 11.1. The lowest BCUT2D eigenvalue weighted by Crippen LogP contribution is -2.29. The molecule has 2 heterocycles. The molecule has 1 fully saturated rings. The van der Waals surface area contributed by atoms with Crippen LogP contribution in [0.1, 0.15) is 58.9 Å². The number of rotatable bonds is 4. The third-order valence-electron chi connectivity index (χ3n) is 5.95. The molecular formula is C27H26N2O5S. The molecule has 0 radical (unpaired) electrons. The van der Waals surface area contributed by atoms with Crippen molar-refractivity contribution < 1.29 is 24.2 Å². The smallest absolute Gasteiger partial charge is 0.350 e. The largest absolute Gasteiger partial charge is 0.507 e. The van der Waals surface area contributed by atoms with Crippen molar-refractivity contribution in [2.45, 2.75) is 39.2 Å². The van der Waals surface area contributed by atoms with E-state index in [4.69, 9.17) is 4.74 Å². The summed E-state index contributed by atoms with van der Waals surface area (Å²) in [6.07, 6.45) is 0. The van der Waals surface area contributed by atoms with Crippen LogP contribution in [-0.2, 0) is 19.7 Å². The monoisotopic (exact) mass is 490 g/mol. The quantitative estimate of drug-likeness (QED) is 0.235. The zero-order chi connectivity index (χ0) is 25.5. The Hall–Kier alpha value is -3.78. The number of aryl methyl sites for hydroxylation is 1. The van der Waals surface area contributed by atoms with Gasteiger partial charge in [-0.05, 0) is 23.5 Å². The molecule has 1 aliphatic rings. The predicted octanol–water partition coefficient (Wildman–Crippen LogP) is 5.16. The van der Waals surface area contributed by atoms with Crippen LogP contribution in [0.3, 0.4) is 0 Å². The highest BCUT2D eigenvalue weighted by Crippen LogP contribution is 2.44. The van der Waals surface area contributed by atoms with Crippen LogP contribution >= 0.6 is 11.3 Å². The Labute approximate surface area is 207 Å². The van der Waals surface area contributed by atoms with E-state index in [0.717, 1.165) is 16.9 Å². The third kappa shape index (κ3) is 4.37. The van der Waals surface area contributed by atoms with Crippen molar-refractivity contribution >= 4 is 39.9 Å². The standard InChI is InChI=1S/C27H26N2O5S/c1-15-23(25(33)34-5)35-26(28-15)29-20(16-11-13-18(14-12-16)27(2,3)4)19(22(31)24(29)32)21(30)17-9-7-6-8-10-17/h6-14,20,30H,1-5H3/t20-/m1/s1. The molecule has 180 valence electrons. The van der Waals surface area contributed by atoms with E-state index >= 15 is 0 Å². The zero-order valence-electron chi connectivity index (χ0n) is 20.2. The van der Waals surface area contributed by atoms with Crippen molar-refractivity contribution in [1.29, 1.82) is 0 Å². The van der Waals surface area contributed by atoms with Gasteiger partial charge in [0.15, 0.2) is 5.13 Å². The van der Waals surface area contributed by atoms with Crippen LogP contribution in [-0.4, -0.2) is 34.9 Å². The number of aliphatic hydroxyl groups is 1. The summed E-state index contributed by atoms with van der Waals surface area (Å²) in [5.74, 6) is -2.47. The Kier molecular flexibility index (Phi) is 6.34. The number of hydrogen-bond donors (Lipinski definition) is 1. The van der Waals surface area contributed by atoms with Gasteiger partial charge in [0.1, 0.15) is 10.6 Å². The number of carbonyl (C=O) groups is 3. The van der Waals surface area contributed by atoms with Gasteiger partial charge in [0.25, 0.3) is 5.78 Å². The lowest BCUT2D eigenvalue weighted by atomic mass is 9.85. The minimum Gasteiger partial charge on any atom is -0.507 e. The fourth-order valence-electron chi connectivity index (χ4n) is 4.03. The Morgan fingerprint density at radius 2 is 1.69 bits per heavy atom. The van der Waals surface area contributed by atoms with Crippen LogP contribution in [0.25, 0.3) is 5.76 Å². The number of carbonyl (C=O) groups excluding carboxylic acids is 3. The number of Topliss-reactive ketones (excluding diaryl/α,β-unsaturated/α-hetero) is 1. The Morgan fingerprint density at radius 3 is 2.26 bits per heavy atom. The molecule has 3 aromatic rings. The summed E-state index contributed by atoms with van der Waals surface area (Å²) in [7, 11) is 1.27. The van der Waals surface area contributed by atoms with Crippen molar-refractivity contribution in [3.63, 3.8) is 0 Å². The number of aliphatic hydroxyl groups excluding tert-OH is 1. The number of ether oxygens (including phenoxy) is 1. The molecule has 0 aliphatic carbocycles. The highest BCUT2D eigenvalue weighted by Gasteiger charge is 2.48. The number of thiazole rings is 1. The lowest BCUT2D eigenvalue weighted by molar-refractivity contribution is -0.132. The first kappa shape index (κ1) is 24.3. The summed E-state index contributed by atoms with van der Waals surface area (Å²) in [5.41, 5.74) is 2.42. The molecule has 1 N–H and O–H groups in total. The van der Waals surface area contributed by atoms with Gasteiger partial charge in [-0.1, -0.05) is 86.7 Å². The Bertz CT molecular complexity index is 1330. The zero-order valence-corrected chi connectivity index (χ0v) is 21.0. The van der Waals surface area contributed by atoms with E-state index < -0.39 is 23.7 Å². The van der Waals surface area contributed by atoms with Gasteiger partial charge in [-0.2, -0.15) is 0 Å². The number of esters is 1. The molecule has 7 nitrogen and oxygen atoms in total.